The minimum Gasteiger partial charge on any atom is -0.273 e. The van der Waals surface area contributed by atoms with Gasteiger partial charge in [0.25, 0.3) is 11.8 Å². The van der Waals surface area contributed by atoms with Crippen molar-refractivity contribution in [3.63, 3.8) is 0 Å². The molecule has 0 saturated carbocycles. The first-order chi connectivity index (χ1) is 10.6. The van der Waals surface area contributed by atoms with Crippen LogP contribution in [0.2, 0.25) is 0 Å². The molecule has 0 unspecified atom stereocenters. The molecule has 0 spiro atoms. The normalized spacial score (nSPS) is 15.5. The Labute approximate surface area is 135 Å². The molecule has 3 heteroatoms. The molecule has 1 aliphatic heterocycles. The van der Waals surface area contributed by atoms with Crippen LogP contribution in [0.5, 0.6) is 0 Å². The summed E-state index contributed by atoms with van der Waals surface area (Å²) in [5, 5.41) is 0. The highest BCUT2D eigenvalue weighted by Crippen LogP contribution is 2.19. The summed E-state index contributed by atoms with van der Waals surface area (Å²) in [6.07, 6.45) is 16.5. The molecule has 0 radical (unpaired) electrons. The maximum absolute atomic E-state index is 12.1. The Morgan fingerprint density at radius 3 is 2.23 bits per heavy atom. The predicted molar refractivity (Wildman–Crippen MR) is 91.4 cm³/mol. The van der Waals surface area contributed by atoms with Crippen molar-refractivity contribution >= 4 is 11.8 Å². The lowest BCUT2D eigenvalue weighted by molar-refractivity contribution is -0.139. The van der Waals surface area contributed by atoms with Crippen LogP contribution in [-0.2, 0) is 9.59 Å². The molecule has 22 heavy (non-hydrogen) atoms. The largest absolute Gasteiger partial charge is 0.273 e. The fourth-order valence-electron chi connectivity index (χ4n) is 2.72. The maximum atomic E-state index is 12.1. The zero-order chi connectivity index (χ0) is 16.4. The van der Waals surface area contributed by atoms with Crippen LogP contribution in [0.3, 0.4) is 0 Å². The number of nitrogens with zero attached hydrogens (tertiary/aromatic N) is 1. The molecule has 1 aliphatic rings. The van der Waals surface area contributed by atoms with Crippen molar-refractivity contribution in [2.45, 2.75) is 84.6 Å². The van der Waals surface area contributed by atoms with Crippen LogP contribution in [0.15, 0.2) is 23.8 Å². The molecule has 2 amide bonds. The van der Waals surface area contributed by atoms with Crippen LogP contribution in [0.4, 0.5) is 0 Å². The molecule has 0 saturated heterocycles. The maximum Gasteiger partial charge on any atom is 0.257 e. The van der Waals surface area contributed by atoms with E-state index in [1.165, 1.54) is 55.9 Å². The van der Waals surface area contributed by atoms with E-state index in [1.807, 2.05) is 19.9 Å². The molecule has 124 valence electrons. The van der Waals surface area contributed by atoms with Gasteiger partial charge in [0.05, 0.1) is 0 Å². The zero-order valence-corrected chi connectivity index (χ0v) is 14.4. The van der Waals surface area contributed by atoms with Gasteiger partial charge in [0, 0.05) is 17.7 Å². The van der Waals surface area contributed by atoms with E-state index >= 15 is 0 Å². The Hall–Kier alpha value is -1.38. The quantitative estimate of drug-likeness (QED) is 0.313. The van der Waals surface area contributed by atoms with E-state index in [4.69, 9.17) is 0 Å². The first-order valence-electron chi connectivity index (χ1n) is 8.81. The van der Waals surface area contributed by atoms with Gasteiger partial charge in [-0.3, -0.25) is 14.5 Å². The number of carbonyl (C=O) groups is 2. The fourth-order valence-corrected chi connectivity index (χ4v) is 2.72. The van der Waals surface area contributed by atoms with Gasteiger partial charge in [-0.15, -0.1) is 0 Å². The van der Waals surface area contributed by atoms with Crippen molar-refractivity contribution in [3.05, 3.63) is 23.8 Å². The summed E-state index contributed by atoms with van der Waals surface area (Å²) in [6, 6.07) is -0.0644. The number of unbranched alkanes of at least 4 members (excludes halogenated alkanes) is 7. The standard InChI is InChI=1S/C19H31NO2/c1-4-5-6-7-8-9-10-11-12-13-14-17-15-18(21)20(16(2)3)19(17)22/h12-13,15-16H,4-11,14H2,1-3H3/b13-12-. The van der Waals surface area contributed by atoms with Gasteiger partial charge in [-0.25, -0.2) is 0 Å². The first kappa shape index (κ1) is 18.7. The van der Waals surface area contributed by atoms with E-state index in [1.54, 1.807) is 0 Å². The summed E-state index contributed by atoms with van der Waals surface area (Å²) < 4.78 is 0. The van der Waals surface area contributed by atoms with Gasteiger partial charge in [0.15, 0.2) is 0 Å². The van der Waals surface area contributed by atoms with Crippen LogP contribution in [0.25, 0.3) is 0 Å². The van der Waals surface area contributed by atoms with E-state index in [9.17, 15) is 9.59 Å². The van der Waals surface area contributed by atoms with Crippen molar-refractivity contribution in [2.75, 3.05) is 0 Å². The number of hydrogen-bond acceptors (Lipinski definition) is 2. The van der Waals surface area contributed by atoms with Crippen LogP contribution < -0.4 is 0 Å². The van der Waals surface area contributed by atoms with E-state index < -0.39 is 0 Å². The van der Waals surface area contributed by atoms with Crippen molar-refractivity contribution < 1.29 is 9.59 Å². The molecule has 0 aromatic rings. The Morgan fingerprint density at radius 2 is 1.64 bits per heavy atom. The van der Waals surface area contributed by atoms with Crippen LogP contribution in [0, 0.1) is 0 Å². The lowest BCUT2D eigenvalue weighted by Gasteiger charge is -2.18. The van der Waals surface area contributed by atoms with E-state index in [2.05, 4.69) is 13.0 Å². The second-order valence-corrected chi connectivity index (χ2v) is 6.36. The van der Waals surface area contributed by atoms with E-state index in [0.717, 1.165) is 6.42 Å². The summed E-state index contributed by atoms with van der Waals surface area (Å²) in [6.45, 7) is 5.97. The highest BCUT2D eigenvalue weighted by atomic mass is 16.2. The third-order valence-corrected chi connectivity index (χ3v) is 4.02. The minimum atomic E-state index is -0.171. The molecule has 1 heterocycles. The van der Waals surface area contributed by atoms with Gasteiger partial charge in [0.2, 0.25) is 0 Å². The zero-order valence-electron chi connectivity index (χ0n) is 14.4. The molecule has 0 bridgehead atoms. The minimum absolute atomic E-state index is 0.0644. The number of carbonyl (C=O) groups excluding carboxylic acids is 2. The smallest absolute Gasteiger partial charge is 0.257 e. The van der Waals surface area contributed by atoms with Gasteiger partial charge < -0.3 is 0 Å². The van der Waals surface area contributed by atoms with E-state index in [-0.39, 0.29) is 17.9 Å². The monoisotopic (exact) mass is 305 g/mol. The van der Waals surface area contributed by atoms with Crippen LogP contribution in [0.1, 0.15) is 78.6 Å². The van der Waals surface area contributed by atoms with Crippen molar-refractivity contribution in [1.29, 1.82) is 0 Å². The van der Waals surface area contributed by atoms with Gasteiger partial charge in [-0.2, -0.15) is 0 Å². The molecule has 0 aromatic heterocycles. The number of amides is 2. The Kier molecular flexibility index (Phi) is 8.79. The summed E-state index contributed by atoms with van der Waals surface area (Å²) in [7, 11) is 0. The third kappa shape index (κ3) is 6.17. The average molecular weight is 305 g/mol. The Balaban J connectivity index is 2.15. The van der Waals surface area contributed by atoms with Gasteiger partial charge in [0.1, 0.15) is 0 Å². The lowest BCUT2D eigenvalue weighted by atomic mass is 10.1. The van der Waals surface area contributed by atoms with Crippen molar-refractivity contribution in [3.8, 4) is 0 Å². The molecular weight excluding hydrogens is 274 g/mol. The van der Waals surface area contributed by atoms with E-state index in [0.29, 0.717) is 12.0 Å². The number of imide groups is 1. The summed E-state index contributed by atoms with van der Waals surface area (Å²) in [5.41, 5.74) is 0.620. The highest BCUT2D eigenvalue weighted by molar-refractivity contribution is 6.16. The van der Waals surface area contributed by atoms with Gasteiger partial charge in [-0.1, -0.05) is 57.6 Å². The Bertz CT molecular complexity index is 421. The second kappa shape index (κ2) is 10.4. The molecular formula is C19H31NO2. The number of rotatable bonds is 11. The van der Waals surface area contributed by atoms with Crippen molar-refractivity contribution in [2.24, 2.45) is 0 Å². The van der Waals surface area contributed by atoms with Crippen LogP contribution in [-0.4, -0.2) is 22.8 Å². The SMILES string of the molecule is CCCCCCCCC/C=C\CC1=CC(=O)N(C(C)C)C1=O. The Morgan fingerprint density at radius 1 is 1.00 bits per heavy atom. The van der Waals surface area contributed by atoms with Crippen molar-refractivity contribution in [1.82, 2.24) is 4.90 Å². The summed E-state index contributed by atoms with van der Waals surface area (Å²) in [5.74, 6) is -0.295. The summed E-state index contributed by atoms with van der Waals surface area (Å²) in [4.78, 5) is 25.1. The average Bonchev–Trinajstić information content (AvgIpc) is 2.75. The fraction of sp³-hybridized carbons (Fsp3) is 0.684. The molecule has 1 rings (SSSR count). The van der Waals surface area contributed by atoms with Gasteiger partial charge in [-0.05, 0) is 33.1 Å². The molecule has 0 aliphatic carbocycles. The molecule has 0 aromatic carbocycles. The van der Waals surface area contributed by atoms with Crippen LogP contribution >= 0.6 is 0 Å². The molecule has 0 atom stereocenters. The highest BCUT2D eigenvalue weighted by Gasteiger charge is 2.31. The number of hydrogen-bond donors (Lipinski definition) is 0. The third-order valence-electron chi connectivity index (χ3n) is 4.02. The second-order valence-electron chi connectivity index (χ2n) is 6.36. The molecule has 0 fully saturated rings. The first-order valence-corrected chi connectivity index (χ1v) is 8.81. The predicted octanol–water partition coefficient (Wildman–Crippen LogP) is 4.78. The molecule has 0 N–H and O–H groups in total. The molecule has 3 nitrogen and oxygen atoms in total. The topological polar surface area (TPSA) is 37.4 Å². The lowest BCUT2D eigenvalue weighted by Crippen LogP contribution is -2.37. The van der Waals surface area contributed by atoms with Gasteiger partial charge >= 0.3 is 0 Å². The number of allylic oxidation sites excluding steroid dienone is 2. The summed E-state index contributed by atoms with van der Waals surface area (Å²) >= 11 is 0.